The van der Waals surface area contributed by atoms with Crippen molar-refractivity contribution in [2.45, 2.75) is 13.8 Å². The number of imidazole rings is 1. The highest BCUT2D eigenvalue weighted by atomic mass is 79.9. The quantitative estimate of drug-likeness (QED) is 0.648. The largest absolute Gasteiger partial charge is 0.283 e. The first-order valence-electron chi connectivity index (χ1n) is 5.57. The number of hydrogen-bond donors (Lipinski definition) is 0. The van der Waals surface area contributed by atoms with E-state index in [4.69, 9.17) is 0 Å². The molecule has 0 N–H and O–H groups in total. The maximum absolute atomic E-state index is 4.41. The second kappa shape index (κ2) is 4.17. The van der Waals surface area contributed by atoms with Gasteiger partial charge in [-0.05, 0) is 53.0 Å². The minimum atomic E-state index is 0.762. The molecule has 0 amide bonds. The van der Waals surface area contributed by atoms with Gasteiger partial charge in [0.05, 0.1) is 11.0 Å². The third-order valence-corrected chi connectivity index (χ3v) is 3.46. The summed E-state index contributed by atoms with van der Waals surface area (Å²) >= 11 is 3.35. The second-order valence-corrected chi connectivity index (χ2v) is 5.05. The first-order valence-corrected chi connectivity index (χ1v) is 6.36. The van der Waals surface area contributed by atoms with E-state index >= 15 is 0 Å². The molecule has 3 rings (SSSR count). The molecule has 0 aliphatic carbocycles. The molecule has 0 aliphatic heterocycles. The smallest absolute Gasteiger partial charge is 0.142 e. The Morgan fingerprint density at radius 2 is 1.78 bits per heavy atom. The number of benzene rings is 1. The van der Waals surface area contributed by atoms with Crippen LogP contribution >= 0.6 is 15.9 Å². The molecule has 3 aromatic rings. The molecule has 90 valence electrons. The van der Waals surface area contributed by atoms with Gasteiger partial charge in [-0.3, -0.25) is 4.57 Å². The molecule has 5 heteroatoms. The van der Waals surface area contributed by atoms with Crippen molar-refractivity contribution in [2.24, 2.45) is 0 Å². The molecule has 0 aliphatic rings. The average Bonchev–Trinajstić information content (AvgIpc) is 2.73. The molecule has 0 fully saturated rings. The van der Waals surface area contributed by atoms with Gasteiger partial charge in [0.1, 0.15) is 23.1 Å². The molecular formula is C13H11BrN4. The predicted molar refractivity (Wildman–Crippen MR) is 73.8 cm³/mol. The lowest BCUT2D eigenvalue weighted by molar-refractivity contribution is 0.985. The number of aryl methyl sites for hydroxylation is 2. The molecule has 4 nitrogen and oxygen atoms in total. The van der Waals surface area contributed by atoms with Gasteiger partial charge in [0.15, 0.2) is 0 Å². The van der Waals surface area contributed by atoms with Crippen LogP contribution in [-0.4, -0.2) is 19.5 Å². The highest BCUT2D eigenvalue weighted by Gasteiger charge is 2.07. The van der Waals surface area contributed by atoms with Crippen molar-refractivity contribution in [2.75, 3.05) is 0 Å². The van der Waals surface area contributed by atoms with Gasteiger partial charge in [0.2, 0.25) is 0 Å². The molecule has 0 atom stereocenters. The molecule has 1 aromatic carbocycles. The number of halogens is 1. The van der Waals surface area contributed by atoms with Crippen LogP contribution < -0.4 is 0 Å². The van der Waals surface area contributed by atoms with Crippen LogP contribution in [0.1, 0.15) is 11.1 Å². The predicted octanol–water partition coefficient (Wildman–Crippen LogP) is 3.19. The molecule has 18 heavy (non-hydrogen) atoms. The van der Waals surface area contributed by atoms with Crippen LogP contribution in [0.15, 0.2) is 35.5 Å². The summed E-state index contributed by atoms with van der Waals surface area (Å²) in [7, 11) is 0. The lowest BCUT2D eigenvalue weighted by Crippen LogP contribution is -1.96. The highest BCUT2D eigenvalue weighted by molar-refractivity contribution is 9.10. The van der Waals surface area contributed by atoms with E-state index in [0.29, 0.717) is 0 Å². The zero-order valence-corrected chi connectivity index (χ0v) is 11.6. The number of rotatable bonds is 1. The molecule has 0 radical (unpaired) electrons. The monoisotopic (exact) mass is 302 g/mol. The first-order chi connectivity index (χ1) is 8.65. The third-order valence-electron chi connectivity index (χ3n) is 3.03. The summed E-state index contributed by atoms with van der Waals surface area (Å²) in [5, 5.41) is 0. The van der Waals surface area contributed by atoms with Gasteiger partial charge in [-0.25, -0.2) is 15.0 Å². The molecule has 0 bridgehead atoms. The van der Waals surface area contributed by atoms with Gasteiger partial charge in [-0.1, -0.05) is 0 Å². The lowest BCUT2D eigenvalue weighted by Gasteiger charge is -2.05. The fourth-order valence-corrected chi connectivity index (χ4v) is 2.20. The Morgan fingerprint density at radius 3 is 2.56 bits per heavy atom. The summed E-state index contributed by atoms with van der Waals surface area (Å²) in [6, 6.07) is 6.10. The van der Waals surface area contributed by atoms with Crippen molar-refractivity contribution in [1.82, 2.24) is 19.5 Å². The van der Waals surface area contributed by atoms with Crippen LogP contribution in [-0.2, 0) is 0 Å². The summed E-state index contributed by atoms with van der Waals surface area (Å²) in [6.07, 6.45) is 3.32. The van der Waals surface area contributed by atoms with Crippen molar-refractivity contribution in [3.05, 3.63) is 46.6 Å². The Kier molecular flexibility index (Phi) is 2.63. The van der Waals surface area contributed by atoms with Crippen molar-refractivity contribution in [3.8, 4) is 5.82 Å². The summed E-state index contributed by atoms with van der Waals surface area (Å²) in [5.74, 6) is 0.808. The molecule has 0 saturated heterocycles. The minimum Gasteiger partial charge on any atom is -0.283 e. The van der Waals surface area contributed by atoms with Crippen LogP contribution in [0.5, 0.6) is 0 Å². The maximum Gasteiger partial charge on any atom is 0.142 e. The Labute approximate surface area is 113 Å². The zero-order valence-electron chi connectivity index (χ0n) is 10.1. The van der Waals surface area contributed by atoms with E-state index in [1.807, 2.05) is 10.6 Å². The molecule has 0 spiro atoms. The van der Waals surface area contributed by atoms with E-state index in [1.54, 1.807) is 6.33 Å². The third kappa shape index (κ3) is 1.80. The normalized spacial score (nSPS) is 11.1. The Hall–Kier alpha value is -1.75. The summed E-state index contributed by atoms with van der Waals surface area (Å²) in [5.41, 5.74) is 4.53. The van der Waals surface area contributed by atoms with E-state index in [-0.39, 0.29) is 0 Å². The van der Waals surface area contributed by atoms with Gasteiger partial charge < -0.3 is 0 Å². The topological polar surface area (TPSA) is 43.6 Å². The van der Waals surface area contributed by atoms with Crippen molar-refractivity contribution in [3.63, 3.8) is 0 Å². The molecule has 0 saturated carbocycles. The Bertz CT molecular complexity index is 733. The van der Waals surface area contributed by atoms with Gasteiger partial charge in [0.25, 0.3) is 0 Å². The Morgan fingerprint density at radius 1 is 1.00 bits per heavy atom. The average molecular weight is 303 g/mol. The van der Waals surface area contributed by atoms with E-state index in [1.165, 1.54) is 17.5 Å². The second-order valence-electron chi connectivity index (χ2n) is 4.24. The van der Waals surface area contributed by atoms with Crippen molar-refractivity contribution in [1.29, 1.82) is 0 Å². The van der Waals surface area contributed by atoms with Crippen LogP contribution in [0.3, 0.4) is 0 Å². The molecule has 2 aromatic heterocycles. The van der Waals surface area contributed by atoms with E-state index in [2.05, 4.69) is 56.9 Å². The number of nitrogens with zero attached hydrogens (tertiary/aromatic N) is 4. The number of hydrogen-bond acceptors (Lipinski definition) is 3. The molecule has 0 unspecified atom stereocenters. The fourth-order valence-electron chi connectivity index (χ4n) is 1.90. The number of fused-ring (bicyclic) bond motifs is 1. The lowest BCUT2D eigenvalue weighted by atomic mass is 10.1. The summed E-state index contributed by atoms with van der Waals surface area (Å²) in [4.78, 5) is 12.7. The zero-order chi connectivity index (χ0) is 12.7. The van der Waals surface area contributed by atoms with Crippen molar-refractivity contribution >= 4 is 27.0 Å². The SMILES string of the molecule is Cc1cc2ncn(-c3cc(Br)ncn3)c2cc1C. The molecule has 2 heterocycles. The number of aromatic nitrogens is 4. The van der Waals surface area contributed by atoms with E-state index < -0.39 is 0 Å². The summed E-state index contributed by atoms with van der Waals surface area (Å²) < 4.78 is 2.73. The Balaban J connectivity index is 2.27. The standard InChI is InChI=1S/C13H11BrN4/c1-8-3-10-11(4-9(8)2)18(7-17-10)13-5-12(14)15-6-16-13/h3-7H,1-2H3. The van der Waals surface area contributed by atoms with Crippen LogP contribution in [0.25, 0.3) is 16.9 Å². The van der Waals surface area contributed by atoms with Gasteiger partial charge in [0, 0.05) is 6.07 Å². The van der Waals surface area contributed by atoms with Crippen LogP contribution in [0, 0.1) is 13.8 Å². The fraction of sp³-hybridized carbons (Fsp3) is 0.154. The van der Waals surface area contributed by atoms with Gasteiger partial charge in [-0.15, -0.1) is 0 Å². The molecular weight excluding hydrogens is 292 g/mol. The van der Waals surface area contributed by atoms with E-state index in [0.717, 1.165) is 21.5 Å². The van der Waals surface area contributed by atoms with Crippen molar-refractivity contribution < 1.29 is 0 Å². The van der Waals surface area contributed by atoms with Gasteiger partial charge >= 0.3 is 0 Å². The summed E-state index contributed by atoms with van der Waals surface area (Å²) in [6.45, 7) is 4.19. The first kappa shape index (κ1) is 11.3. The van der Waals surface area contributed by atoms with E-state index in [9.17, 15) is 0 Å². The van der Waals surface area contributed by atoms with Gasteiger partial charge in [-0.2, -0.15) is 0 Å². The highest BCUT2D eigenvalue weighted by Crippen LogP contribution is 2.21. The maximum atomic E-state index is 4.41. The van der Waals surface area contributed by atoms with Crippen LogP contribution in [0.4, 0.5) is 0 Å². The van der Waals surface area contributed by atoms with Crippen LogP contribution in [0.2, 0.25) is 0 Å². The minimum absolute atomic E-state index is 0.762.